The van der Waals surface area contributed by atoms with Gasteiger partial charge in [0.2, 0.25) is 0 Å². The van der Waals surface area contributed by atoms with E-state index >= 15 is 0 Å². The summed E-state index contributed by atoms with van der Waals surface area (Å²) in [6.07, 6.45) is 0. The first-order valence-corrected chi connectivity index (χ1v) is 6.68. The van der Waals surface area contributed by atoms with Gasteiger partial charge in [-0.1, -0.05) is 42.5 Å². The summed E-state index contributed by atoms with van der Waals surface area (Å²) in [4.78, 5) is 0. The van der Waals surface area contributed by atoms with Crippen molar-refractivity contribution in [2.45, 2.75) is 32.4 Å². The van der Waals surface area contributed by atoms with E-state index in [9.17, 15) is 0 Å². The second-order valence-electron chi connectivity index (χ2n) is 5.53. The number of nitrogens with two attached hydrogens (primary N) is 1. The number of anilines is 1. The Morgan fingerprint density at radius 2 is 1.68 bits per heavy atom. The second-order valence-corrected chi connectivity index (χ2v) is 5.53. The quantitative estimate of drug-likeness (QED) is 0.863. The van der Waals surface area contributed by atoms with Gasteiger partial charge >= 0.3 is 0 Å². The van der Waals surface area contributed by atoms with Crippen molar-refractivity contribution in [2.75, 3.05) is 5.32 Å². The van der Waals surface area contributed by atoms with Gasteiger partial charge in [-0.15, -0.1) is 0 Å². The third-order valence-corrected chi connectivity index (χ3v) is 3.36. The molecule has 0 fully saturated rings. The summed E-state index contributed by atoms with van der Waals surface area (Å²) in [7, 11) is 0. The van der Waals surface area contributed by atoms with Crippen LogP contribution in [0.5, 0.6) is 0 Å². The summed E-state index contributed by atoms with van der Waals surface area (Å²) in [5, 5.41) is 3.57. The average Bonchev–Trinajstić information content (AvgIpc) is 2.39. The van der Waals surface area contributed by atoms with Crippen molar-refractivity contribution in [1.82, 2.24) is 0 Å². The largest absolute Gasteiger partial charge is 0.376 e. The highest BCUT2D eigenvalue weighted by atomic mass is 15.0. The van der Waals surface area contributed by atoms with Crippen LogP contribution in [0.15, 0.2) is 54.6 Å². The maximum absolute atomic E-state index is 5.93. The van der Waals surface area contributed by atoms with E-state index in [0.717, 1.165) is 11.3 Å². The predicted octanol–water partition coefficient (Wildman–Crippen LogP) is 4.05. The van der Waals surface area contributed by atoms with Crippen LogP contribution < -0.4 is 11.1 Å². The highest BCUT2D eigenvalue weighted by Gasteiger charge is 2.19. The molecule has 0 heterocycles. The van der Waals surface area contributed by atoms with Crippen molar-refractivity contribution < 1.29 is 0 Å². The minimum Gasteiger partial charge on any atom is -0.376 e. The Kier molecular flexibility index (Phi) is 3.91. The maximum atomic E-state index is 5.93. The molecule has 0 unspecified atom stereocenters. The van der Waals surface area contributed by atoms with Gasteiger partial charge in [-0.3, -0.25) is 0 Å². The molecule has 2 aromatic rings. The maximum Gasteiger partial charge on any atom is 0.0569 e. The van der Waals surface area contributed by atoms with Crippen molar-refractivity contribution in [3.8, 4) is 0 Å². The third-order valence-electron chi connectivity index (χ3n) is 3.36. The first-order chi connectivity index (χ1) is 8.99. The van der Waals surface area contributed by atoms with E-state index in [2.05, 4.69) is 61.6 Å². The fourth-order valence-electron chi connectivity index (χ4n) is 2.19. The molecule has 3 N–H and O–H groups in total. The van der Waals surface area contributed by atoms with Gasteiger partial charge < -0.3 is 11.1 Å². The molecule has 100 valence electrons. The van der Waals surface area contributed by atoms with Crippen molar-refractivity contribution >= 4 is 5.69 Å². The average molecular weight is 254 g/mol. The van der Waals surface area contributed by atoms with Crippen molar-refractivity contribution in [2.24, 2.45) is 5.73 Å². The number of hydrogen-bond donors (Lipinski definition) is 2. The molecule has 2 aromatic carbocycles. The van der Waals surface area contributed by atoms with Crippen molar-refractivity contribution in [3.63, 3.8) is 0 Å². The second kappa shape index (κ2) is 5.45. The van der Waals surface area contributed by atoms with Crippen LogP contribution in [-0.4, -0.2) is 0 Å². The monoisotopic (exact) mass is 254 g/mol. The molecule has 2 heteroatoms. The molecule has 2 nitrogen and oxygen atoms in total. The molecule has 0 spiro atoms. The lowest BCUT2D eigenvalue weighted by Gasteiger charge is -2.28. The molecule has 0 saturated heterocycles. The summed E-state index contributed by atoms with van der Waals surface area (Å²) >= 11 is 0. The predicted molar refractivity (Wildman–Crippen MR) is 82.1 cm³/mol. The Labute approximate surface area is 115 Å². The van der Waals surface area contributed by atoms with E-state index in [1.165, 1.54) is 5.56 Å². The molecule has 0 aromatic heterocycles. The molecule has 0 aliphatic carbocycles. The Bertz CT molecular complexity index is 530. The summed E-state index contributed by atoms with van der Waals surface area (Å²) < 4.78 is 0. The number of rotatable bonds is 4. The highest BCUT2D eigenvalue weighted by Crippen LogP contribution is 2.26. The van der Waals surface area contributed by atoms with Crippen molar-refractivity contribution in [1.29, 1.82) is 0 Å². The topological polar surface area (TPSA) is 38.0 Å². The molecular formula is C17H22N2. The molecule has 0 amide bonds. The zero-order chi connectivity index (χ0) is 13.9. The fourth-order valence-corrected chi connectivity index (χ4v) is 2.19. The van der Waals surface area contributed by atoms with Gasteiger partial charge in [-0.05, 0) is 44.0 Å². The minimum atomic E-state index is -0.113. The summed E-state index contributed by atoms with van der Waals surface area (Å²) in [6.45, 7) is 6.36. The SMILES string of the molecule is C[C@H](N)c1cccc(NC(C)(C)c2ccccc2)c1. The molecule has 19 heavy (non-hydrogen) atoms. The van der Waals surface area contributed by atoms with Crippen LogP contribution in [0.1, 0.15) is 37.9 Å². The zero-order valence-electron chi connectivity index (χ0n) is 11.9. The van der Waals surface area contributed by atoms with Gasteiger partial charge in [0.15, 0.2) is 0 Å². The molecule has 0 bridgehead atoms. The van der Waals surface area contributed by atoms with Crippen LogP contribution in [-0.2, 0) is 5.54 Å². The highest BCUT2D eigenvalue weighted by molar-refractivity contribution is 5.50. The van der Waals surface area contributed by atoms with Gasteiger partial charge in [0.05, 0.1) is 5.54 Å². The van der Waals surface area contributed by atoms with Gasteiger partial charge in [0, 0.05) is 11.7 Å². The van der Waals surface area contributed by atoms with E-state index in [1.54, 1.807) is 0 Å². The van der Waals surface area contributed by atoms with Crippen molar-refractivity contribution in [3.05, 3.63) is 65.7 Å². The molecule has 0 radical (unpaired) electrons. The molecule has 1 atom stereocenters. The van der Waals surface area contributed by atoms with Crippen LogP contribution in [0.2, 0.25) is 0 Å². The van der Waals surface area contributed by atoms with Gasteiger partial charge in [-0.2, -0.15) is 0 Å². The van der Waals surface area contributed by atoms with Crippen LogP contribution in [0.4, 0.5) is 5.69 Å². The van der Waals surface area contributed by atoms with Crippen LogP contribution >= 0.6 is 0 Å². The third kappa shape index (κ3) is 3.36. The number of nitrogens with one attached hydrogen (secondary N) is 1. The number of hydrogen-bond acceptors (Lipinski definition) is 2. The normalized spacial score (nSPS) is 13.1. The first kappa shape index (κ1) is 13.6. The Balaban J connectivity index is 2.23. The van der Waals surface area contributed by atoms with E-state index in [1.807, 2.05) is 19.1 Å². The fraction of sp³-hybridized carbons (Fsp3) is 0.294. The Morgan fingerprint density at radius 3 is 2.32 bits per heavy atom. The van der Waals surface area contributed by atoms with E-state index < -0.39 is 0 Å². The molecule has 0 aliphatic rings. The van der Waals surface area contributed by atoms with Gasteiger partial charge in [0.25, 0.3) is 0 Å². The Morgan fingerprint density at radius 1 is 1.00 bits per heavy atom. The van der Waals surface area contributed by atoms with Gasteiger partial charge in [0.1, 0.15) is 0 Å². The summed E-state index contributed by atoms with van der Waals surface area (Å²) in [6, 6.07) is 18.8. The lowest BCUT2D eigenvalue weighted by molar-refractivity contribution is 0.609. The van der Waals surface area contributed by atoms with Crippen LogP contribution in [0, 0.1) is 0 Å². The first-order valence-electron chi connectivity index (χ1n) is 6.68. The lowest BCUT2D eigenvalue weighted by Crippen LogP contribution is -2.27. The standard InChI is InChI=1S/C17H22N2/c1-13(18)14-8-7-11-16(12-14)19-17(2,3)15-9-5-4-6-10-15/h4-13,19H,18H2,1-3H3/t13-/m0/s1. The minimum absolute atomic E-state index is 0.0570. The summed E-state index contributed by atoms with van der Waals surface area (Å²) in [5.41, 5.74) is 9.33. The van der Waals surface area contributed by atoms with Crippen LogP contribution in [0.3, 0.4) is 0 Å². The molecular weight excluding hydrogens is 232 g/mol. The summed E-state index contributed by atoms with van der Waals surface area (Å²) in [5.74, 6) is 0. The molecule has 0 saturated carbocycles. The zero-order valence-corrected chi connectivity index (χ0v) is 11.9. The smallest absolute Gasteiger partial charge is 0.0569 e. The lowest BCUT2D eigenvalue weighted by atomic mass is 9.94. The number of benzene rings is 2. The molecule has 2 rings (SSSR count). The Hall–Kier alpha value is -1.80. The molecule has 0 aliphatic heterocycles. The van der Waals surface area contributed by atoms with E-state index in [4.69, 9.17) is 5.73 Å². The van der Waals surface area contributed by atoms with E-state index in [-0.39, 0.29) is 11.6 Å². The van der Waals surface area contributed by atoms with Gasteiger partial charge in [-0.25, -0.2) is 0 Å². The van der Waals surface area contributed by atoms with Crippen LogP contribution in [0.25, 0.3) is 0 Å². The van der Waals surface area contributed by atoms with E-state index in [0.29, 0.717) is 0 Å².